The number of rotatable bonds is 3. The van der Waals surface area contributed by atoms with E-state index in [4.69, 9.17) is 11.6 Å². The molecule has 0 bridgehead atoms. The summed E-state index contributed by atoms with van der Waals surface area (Å²) in [6.07, 6.45) is 0.371. The average molecular weight is 364 g/mol. The summed E-state index contributed by atoms with van der Waals surface area (Å²) < 4.78 is 29.4. The number of carbonyl (C=O) groups excluding carboxylic acids is 2. The van der Waals surface area contributed by atoms with Crippen LogP contribution in [0.3, 0.4) is 0 Å². The van der Waals surface area contributed by atoms with Gasteiger partial charge in [0.25, 0.3) is 5.91 Å². The second-order valence-corrected chi connectivity index (χ2v) is 5.94. The first kappa shape index (κ1) is 17.1. The summed E-state index contributed by atoms with van der Waals surface area (Å²) in [5.74, 6) is -4.09. The van der Waals surface area contributed by atoms with Crippen molar-refractivity contribution in [2.24, 2.45) is 0 Å². The highest BCUT2D eigenvalue weighted by atomic mass is 35.5. The second kappa shape index (κ2) is 6.29. The Labute approximate surface area is 146 Å². The van der Waals surface area contributed by atoms with E-state index in [0.29, 0.717) is 11.3 Å². The fourth-order valence-corrected chi connectivity index (χ4v) is 3.09. The molecular weight excluding hydrogens is 352 g/mol. The zero-order valence-corrected chi connectivity index (χ0v) is 13.8. The van der Waals surface area contributed by atoms with E-state index in [9.17, 15) is 23.5 Å². The van der Waals surface area contributed by atoms with Crippen LogP contribution in [0.2, 0.25) is 5.02 Å². The molecule has 1 aromatic heterocycles. The van der Waals surface area contributed by atoms with Gasteiger partial charge < -0.3 is 9.90 Å². The van der Waals surface area contributed by atoms with Crippen LogP contribution in [0.15, 0.2) is 30.3 Å². The van der Waals surface area contributed by atoms with Gasteiger partial charge in [-0.05, 0) is 30.7 Å². The Morgan fingerprint density at radius 1 is 1.32 bits per heavy atom. The maximum absolute atomic E-state index is 14.4. The van der Waals surface area contributed by atoms with Crippen molar-refractivity contribution in [1.29, 1.82) is 0 Å². The Hall–Kier alpha value is -2.73. The Balaban J connectivity index is 2.37. The molecule has 0 unspecified atom stereocenters. The van der Waals surface area contributed by atoms with Crippen molar-refractivity contribution in [3.63, 3.8) is 0 Å². The third-order valence-corrected chi connectivity index (χ3v) is 4.29. The molecule has 128 valence electrons. The van der Waals surface area contributed by atoms with Gasteiger partial charge in [0, 0.05) is 34.2 Å². The van der Waals surface area contributed by atoms with Gasteiger partial charge in [0.15, 0.2) is 17.4 Å². The minimum Gasteiger partial charge on any atom is -0.503 e. The fraction of sp³-hybridized carbons (Fsp3) is 0.111. The number of aldehydes is 1. The number of hydrogen-bond acceptors (Lipinski definition) is 3. The molecule has 3 aromatic rings. The first-order valence-electron chi connectivity index (χ1n) is 7.31. The normalized spacial score (nSPS) is 11.0. The van der Waals surface area contributed by atoms with Crippen LogP contribution >= 0.6 is 11.6 Å². The van der Waals surface area contributed by atoms with Crippen molar-refractivity contribution >= 4 is 34.7 Å². The Kier molecular flexibility index (Phi) is 4.30. The smallest absolute Gasteiger partial charge is 0.262 e. The number of aromatic hydroxyl groups is 1. The molecule has 3 rings (SSSR count). The third kappa shape index (κ3) is 2.68. The topological polar surface area (TPSA) is 59.3 Å². The average Bonchev–Trinajstić information content (AvgIpc) is 2.84. The van der Waals surface area contributed by atoms with E-state index in [2.05, 4.69) is 0 Å². The number of halogens is 3. The van der Waals surface area contributed by atoms with Crippen molar-refractivity contribution in [2.75, 3.05) is 0 Å². The van der Waals surface area contributed by atoms with Crippen molar-refractivity contribution in [3.8, 4) is 5.75 Å². The minimum absolute atomic E-state index is 0.0628. The highest BCUT2D eigenvalue weighted by Gasteiger charge is 2.25. The van der Waals surface area contributed by atoms with Gasteiger partial charge in [0.05, 0.1) is 5.52 Å². The Morgan fingerprint density at radius 2 is 2.04 bits per heavy atom. The van der Waals surface area contributed by atoms with Gasteiger partial charge in [-0.15, -0.1) is 0 Å². The van der Waals surface area contributed by atoms with Crippen LogP contribution in [0.5, 0.6) is 5.75 Å². The molecule has 0 amide bonds. The first-order valence-corrected chi connectivity index (χ1v) is 7.69. The number of hydrogen-bond donors (Lipinski definition) is 1. The molecule has 0 aliphatic rings. The molecular formula is C18H12ClF2NO3. The predicted molar refractivity (Wildman–Crippen MR) is 89.2 cm³/mol. The molecule has 25 heavy (non-hydrogen) atoms. The molecule has 0 saturated carbocycles. The van der Waals surface area contributed by atoms with Gasteiger partial charge in [-0.2, -0.15) is 0 Å². The number of carbonyl (C=O) groups is 2. The number of phenolic OH excluding ortho intramolecular Hbond substituents is 1. The molecule has 1 N–H and O–H groups in total. The van der Waals surface area contributed by atoms with Crippen molar-refractivity contribution in [1.82, 2.24) is 4.57 Å². The van der Waals surface area contributed by atoms with Gasteiger partial charge in [0.2, 0.25) is 0 Å². The molecule has 0 atom stereocenters. The number of nitrogens with zero attached hydrogens (tertiary/aromatic N) is 1. The van der Waals surface area contributed by atoms with Gasteiger partial charge in [-0.1, -0.05) is 17.7 Å². The summed E-state index contributed by atoms with van der Waals surface area (Å²) in [4.78, 5) is 23.8. The van der Waals surface area contributed by atoms with E-state index >= 15 is 0 Å². The van der Waals surface area contributed by atoms with E-state index in [1.165, 1.54) is 19.1 Å². The summed E-state index contributed by atoms with van der Waals surface area (Å²) in [6.45, 7) is 1.52. The van der Waals surface area contributed by atoms with Crippen molar-refractivity contribution < 1.29 is 23.5 Å². The molecule has 4 nitrogen and oxygen atoms in total. The Morgan fingerprint density at radius 3 is 2.68 bits per heavy atom. The van der Waals surface area contributed by atoms with E-state index in [1.54, 1.807) is 12.1 Å². The van der Waals surface area contributed by atoms with Crippen LogP contribution in [0.25, 0.3) is 10.9 Å². The number of fused-ring (bicyclic) bond motifs is 1. The lowest BCUT2D eigenvalue weighted by Gasteiger charge is -2.08. The van der Waals surface area contributed by atoms with Gasteiger partial charge >= 0.3 is 0 Å². The summed E-state index contributed by atoms with van der Waals surface area (Å²) >= 11 is 5.90. The standard InChI is InChI=1S/C18H12ClF2NO3/c1-9-12(5-6-23)15-14(8-13(20)17(24)16(15)21)22(9)18(25)10-3-2-4-11(19)7-10/h2-4,6-8,24H,5H2,1H3. The summed E-state index contributed by atoms with van der Waals surface area (Å²) in [5, 5.41) is 9.72. The Bertz CT molecular complexity index is 1030. The molecule has 1 heterocycles. The van der Waals surface area contributed by atoms with Gasteiger partial charge in [-0.25, -0.2) is 8.78 Å². The van der Waals surface area contributed by atoms with Crippen molar-refractivity contribution in [2.45, 2.75) is 13.3 Å². The SMILES string of the molecule is Cc1c(CC=O)c2c(F)c(O)c(F)cc2n1C(=O)c1cccc(Cl)c1. The molecule has 2 aromatic carbocycles. The highest BCUT2D eigenvalue weighted by molar-refractivity contribution is 6.31. The van der Waals surface area contributed by atoms with E-state index in [-0.39, 0.29) is 34.1 Å². The fourth-order valence-electron chi connectivity index (χ4n) is 2.90. The minimum atomic E-state index is -1.20. The quantitative estimate of drug-likeness (QED) is 0.715. The largest absolute Gasteiger partial charge is 0.503 e. The summed E-state index contributed by atoms with van der Waals surface area (Å²) in [7, 11) is 0. The molecule has 0 radical (unpaired) electrons. The summed E-state index contributed by atoms with van der Waals surface area (Å²) in [5.41, 5.74) is 0.662. The van der Waals surface area contributed by atoms with E-state index in [1.807, 2.05) is 0 Å². The lowest BCUT2D eigenvalue weighted by Crippen LogP contribution is -2.14. The summed E-state index contributed by atoms with van der Waals surface area (Å²) in [6, 6.07) is 7.00. The predicted octanol–water partition coefficient (Wildman–Crippen LogP) is 4.02. The monoisotopic (exact) mass is 363 g/mol. The molecule has 0 spiro atoms. The first-order chi connectivity index (χ1) is 11.9. The zero-order chi connectivity index (χ0) is 18.3. The number of aromatic nitrogens is 1. The van der Waals surface area contributed by atoms with Gasteiger partial charge in [-0.3, -0.25) is 9.36 Å². The van der Waals surface area contributed by atoms with E-state index in [0.717, 1.165) is 10.6 Å². The third-order valence-electron chi connectivity index (χ3n) is 4.05. The van der Waals surface area contributed by atoms with Gasteiger partial charge in [0.1, 0.15) is 6.29 Å². The van der Waals surface area contributed by atoms with Crippen LogP contribution in [0, 0.1) is 18.6 Å². The molecule has 0 fully saturated rings. The molecule has 0 aliphatic carbocycles. The zero-order valence-electron chi connectivity index (χ0n) is 13.0. The number of benzene rings is 2. The highest BCUT2D eigenvalue weighted by Crippen LogP contribution is 2.35. The molecule has 0 saturated heterocycles. The van der Waals surface area contributed by atoms with Crippen LogP contribution in [-0.4, -0.2) is 21.9 Å². The van der Waals surface area contributed by atoms with Crippen molar-refractivity contribution in [3.05, 3.63) is 63.8 Å². The van der Waals surface area contributed by atoms with Crippen LogP contribution < -0.4 is 0 Å². The maximum Gasteiger partial charge on any atom is 0.262 e. The number of phenols is 1. The lowest BCUT2D eigenvalue weighted by atomic mass is 10.1. The van der Waals surface area contributed by atoms with Crippen LogP contribution in [0.1, 0.15) is 21.6 Å². The van der Waals surface area contributed by atoms with E-state index < -0.39 is 23.3 Å². The van der Waals surface area contributed by atoms with Crippen LogP contribution in [-0.2, 0) is 11.2 Å². The van der Waals surface area contributed by atoms with Crippen LogP contribution in [0.4, 0.5) is 8.78 Å². The maximum atomic E-state index is 14.4. The lowest BCUT2D eigenvalue weighted by molar-refractivity contribution is -0.107. The molecule has 7 heteroatoms. The molecule has 0 aliphatic heterocycles. The second-order valence-electron chi connectivity index (χ2n) is 5.50.